The molecular formula is C21H46OSiSn. The van der Waals surface area contributed by atoms with Gasteiger partial charge in [-0.1, -0.05) is 0 Å². The van der Waals surface area contributed by atoms with Crippen LogP contribution >= 0.6 is 0 Å². The molecule has 0 saturated heterocycles. The third-order valence-electron chi connectivity index (χ3n) is 5.17. The third-order valence-corrected chi connectivity index (χ3v) is 23.4. The molecule has 1 N–H and O–H groups in total. The van der Waals surface area contributed by atoms with Gasteiger partial charge < -0.3 is 0 Å². The summed E-state index contributed by atoms with van der Waals surface area (Å²) in [5, 5.41) is 9.25. The SMILES string of the molecule is CCC[CH2][Sn]([CH2]CCC)([CH2]CCC)/[C](=C\[Si](C)(C)C)CCCCO. The number of hydrogen-bond donors (Lipinski definition) is 1. The number of unbranched alkanes of at least 4 members (excludes halogenated alkanes) is 4. The van der Waals surface area contributed by atoms with Gasteiger partial charge in [0.05, 0.1) is 0 Å². The fraction of sp³-hybridized carbons (Fsp3) is 0.905. The van der Waals surface area contributed by atoms with Crippen molar-refractivity contribution in [2.45, 2.75) is 112 Å². The van der Waals surface area contributed by atoms with E-state index in [0.29, 0.717) is 6.61 Å². The van der Waals surface area contributed by atoms with E-state index in [4.69, 9.17) is 0 Å². The molecule has 0 amide bonds. The molecule has 144 valence electrons. The number of aliphatic hydroxyl groups is 1. The van der Waals surface area contributed by atoms with E-state index in [0.717, 1.165) is 6.42 Å². The number of hydrogen-bond acceptors (Lipinski definition) is 1. The van der Waals surface area contributed by atoms with Crippen molar-refractivity contribution in [3.8, 4) is 0 Å². The van der Waals surface area contributed by atoms with Gasteiger partial charge in [-0.25, -0.2) is 0 Å². The fourth-order valence-corrected chi connectivity index (χ4v) is 27.4. The quantitative estimate of drug-likeness (QED) is 0.200. The number of allylic oxidation sites excluding steroid dienone is 1. The van der Waals surface area contributed by atoms with E-state index in [1.165, 1.54) is 51.4 Å². The Hall–Kier alpha value is 0.716. The van der Waals surface area contributed by atoms with E-state index in [-0.39, 0.29) is 0 Å². The Kier molecular flexibility index (Phi) is 14.3. The maximum atomic E-state index is 9.25. The summed E-state index contributed by atoms with van der Waals surface area (Å²) in [7, 11) is -1.18. The molecule has 0 unspecified atom stereocenters. The molecule has 0 aliphatic rings. The first-order chi connectivity index (χ1) is 11.3. The van der Waals surface area contributed by atoms with Gasteiger partial charge in [0, 0.05) is 0 Å². The molecule has 0 aromatic rings. The van der Waals surface area contributed by atoms with Crippen molar-refractivity contribution in [1.82, 2.24) is 0 Å². The first kappa shape index (κ1) is 24.7. The minimum atomic E-state index is -2.24. The monoisotopic (exact) mass is 462 g/mol. The first-order valence-corrected chi connectivity index (χ1v) is 21.7. The van der Waals surface area contributed by atoms with Crippen LogP contribution in [0.5, 0.6) is 0 Å². The Balaban J connectivity index is 5.63. The van der Waals surface area contributed by atoms with Crippen LogP contribution in [0.3, 0.4) is 0 Å². The molecule has 0 bridgehead atoms. The van der Waals surface area contributed by atoms with Gasteiger partial charge in [-0.3, -0.25) is 0 Å². The fourth-order valence-electron chi connectivity index (χ4n) is 3.84. The normalized spacial score (nSPS) is 13.5. The van der Waals surface area contributed by atoms with Crippen molar-refractivity contribution in [3.05, 3.63) is 9.29 Å². The van der Waals surface area contributed by atoms with Crippen molar-refractivity contribution < 1.29 is 5.11 Å². The third kappa shape index (κ3) is 10.6. The van der Waals surface area contributed by atoms with Crippen LogP contribution in [0.15, 0.2) is 9.29 Å². The summed E-state index contributed by atoms with van der Waals surface area (Å²) < 4.78 is 6.73. The van der Waals surface area contributed by atoms with Crippen molar-refractivity contribution in [1.29, 1.82) is 0 Å². The number of aliphatic hydroxyl groups excluding tert-OH is 1. The maximum absolute atomic E-state index is 9.25. The van der Waals surface area contributed by atoms with Crippen molar-refractivity contribution in [2.75, 3.05) is 6.61 Å². The Labute approximate surface area is 158 Å². The van der Waals surface area contributed by atoms with Crippen LogP contribution in [0.4, 0.5) is 0 Å². The summed E-state index contributed by atoms with van der Waals surface area (Å²) in [6.45, 7) is 15.0. The van der Waals surface area contributed by atoms with Crippen LogP contribution in [0.25, 0.3) is 0 Å². The Morgan fingerprint density at radius 3 is 1.58 bits per heavy atom. The zero-order valence-corrected chi connectivity index (χ0v) is 21.6. The Morgan fingerprint density at radius 2 is 1.25 bits per heavy atom. The second-order valence-corrected chi connectivity index (χ2v) is 27.3. The van der Waals surface area contributed by atoms with Gasteiger partial charge in [0.2, 0.25) is 0 Å². The van der Waals surface area contributed by atoms with Gasteiger partial charge in [0.25, 0.3) is 0 Å². The van der Waals surface area contributed by atoms with Crippen molar-refractivity contribution in [2.24, 2.45) is 0 Å². The van der Waals surface area contributed by atoms with Crippen LogP contribution in [-0.2, 0) is 0 Å². The Bertz CT molecular complexity index is 311. The van der Waals surface area contributed by atoms with Crippen LogP contribution in [-0.4, -0.2) is 38.2 Å². The molecule has 0 radical (unpaired) electrons. The summed E-state index contributed by atoms with van der Waals surface area (Å²) >= 11 is -2.24. The van der Waals surface area contributed by atoms with Gasteiger partial charge in [-0.05, 0) is 0 Å². The summed E-state index contributed by atoms with van der Waals surface area (Å²) in [6, 6.07) is 0. The molecule has 0 aromatic carbocycles. The summed E-state index contributed by atoms with van der Waals surface area (Å²) in [5.41, 5.74) is 2.82. The molecule has 0 atom stereocenters. The molecule has 24 heavy (non-hydrogen) atoms. The second kappa shape index (κ2) is 13.9. The Morgan fingerprint density at radius 1 is 0.792 bits per heavy atom. The molecule has 0 heterocycles. The predicted octanol–water partition coefficient (Wildman–Crippen LogP) is 7.34. The van der Waals surface area contributed by atoms with E-state index in [1.54, 1.807) is 13.3 Å². The van der Waals surface area contributed by atoms with Gasteiger partial charge in [0.1, 0.15) is 0 Å². The van der Waals surface area contributed by atoms with E-state index < -0.39 is 26.5 Å². The molecule has 3 heteroatoms. The topological polar surface area (TPSA) is 20.2 Å². The van der Waals surface area contributed by atoms with Crippen LogP contribution in [0.2, 0.25) is 33.0 Å². The zero-order chi connectivity index (χ0) is 18.5. The van der Waals surface area contributed by atoms with Crippen LogP contribution in [0, 0.1) is 0 Å². The molecule has 0 rings (SSSR count). The summed E-state index contributed by atoms with van der Waals surface area (Å²) in [5.74, 6) is 0. The molecule has 0 aromatic heterocycles. The van der Waals surface area contributed by atoms with Gasteiger partial charge in [-0.15, -0.1) is 0 Å². The molecule has 0 saturated carbocycles. The second-order valence-electron chi connectivity index (χ2n) is 8.81. The van der Waals surface area contributed by atoms with Crippen LogP contribution in [0.1, 0.15) is 78.6 Å². The minimum absolute atomic E-state index is 0.363. The predicted molar refractivity (Wildman–Crippen MR) is 117 cm³/mol. The molecule has 0 spiro atoms. The molecular weight excluding hydrogens is 415 g/mol. The molecule has 0 fully saturated rings. The van der Waals surface area contributed by atoms with Gasteiger partial charge in [0.15, 0.2) is 0 Å². The molecule has 1 nitrogen and oxygen atoms in total. The van der Waals surface area contributed by atoms with E-state index in [9.17, 15) is 5.11 Å². The summed E-state index contributed by atoms with van der Waals surface area (Å²) in [4.78, 5) is 0. The van der Waals surface area contributed by atoms with Crippen molar-refractivity contribution in [3.63, 3.8) is 0 Å². The zero-order valence-electron chi connectivity index (χ0n) is 17.7. The average Bonchev–Trinajstić information content (AvgIpc) is 2.53. The standard InChI is InChI=1S/C9H19OSi.3C4H9.Sn/c1-11(2,3)9-7-5-4-6-8-10;3*1-3-4-2;/h9-10H,4-6,8H2,1-3H3;3*1,3-4H2,2H3;. The average molecular weight is 461 g/mol. The van der Waals surface area contributed by atoms with E-state index in [1.807, 2.05) is 3.59 Å². The first-order valence-electron chi connectivity index (χ1n) is 10.7. The van der Waals surface area contributed by atoms with E-state index in [2.05, 4.69) is 46.1 Å². The van der Waals surface area contributed by atoms with E-state index >= 15 is 0 Å². The molecule has 0 aliphatic heterocycles. The number of rotatable bonds is 15. The molecule has 0 aliphatic carbocycles. The van der Waals surface area contributed by atoms with Crippen molar-refractivity contribution >= 4 is 26.5 Å². The van der Waals surface area contributed by atoms with Crippen LogP contribution < -0.4 is 0 Å². The summed E-state index contributed by atoms with van der Waals surface area (Å²) in [6.07, 6.45) is 11.9. The van der Waals surface area contributed by atoms with Gasteiger partial charge in [-0.2, -0.15) is 0 Å². The van der Waals surface area contributed by atoms with Gasteiger partial charge >= 0.3 is 159 Å².